The molecule has 0 radical (unpaired) electrons. The maximum absolute atomic E-state index is 13.0. The van der Waals surface area contributed by atoms with Crippen LogP contribution in [0.15, 0.2) is 78.9 Å². The van der Waals surface area contributed by atoms with E-state index in [0.717, 1.165) is 17.7 Å². The normalized spacial score (nSPS) is 13.2. The fraction of sp³-hybridized carbons (Fsp3) is 0.174. The van der Waals surface area contributed by atoms with E-state index in [1.807, 2.05) is 54.6 Å². The van der Waals surface area contributed by atoms with Crippen molar-refractivity contribution in [3.8, 4) is 0 Å². The van der Waals surface area contributed by atoms with Gasteiger partial charge in [0, 0.05) is 17.8 Å². The fourth-order valence-electron chi connectivity index (χ4n) is 3.62. The molecule has 0 saturated carbocycles. The topological polar surface area (TPSA) is 57.7 Å². The first kappa shape index (κ1) is 19.2. The van der Waals surface area contributed by atoms with E-state index in [4.69, 9.17) is 0 Å². The summed E-state index contributed by atoms with van der Waals surface area (Å²) in [6, 6.07) is 24.1. The molecular weight excluding hydrogens is 384 g/mol. The van der Waals surface area contributed by atoms with Crippen LogP contribution in [0.3, 0.4) is 0 Å². The first-order valence-corrected chi connectivity index (χ1v) is 11.3. The van der Waals surface area contributed by atoms with Gasteiger partial charge in [0.05, 0.1) is 18.5 Å². The Kier molecular flexibility index (Phi) is 5.11. The average molecular weight is 407 g/mol. The largest absolute Gasteiger partial charge is 0.308 e. The van der Waals surface area contributed by atoms with E-state index < -0.39 is 10.0 Å². The van der Waals surface area contributed by atoms with Gasteiger partial charge in [0.15, 0.2) is 0 Å². The van der Waals surface area contributed by atoms with Crippen molar-refractivity contribution in [2.75, 3.05) is 22.0 Å². The highest BCUT2D eigenvalue weighted by atomic mass is 32.2. The van der Waals surface area contributed by atoms with Crippen LogP contribution in [0.2, 0.25) is 0 Å². The number of hydrogen-bond donors (Lipinski definition) is 0. The van der Waals surface area contributed by atoms with Gasteiger partial charge in [-0.15, -0.1) is 0 Å². The Morgan fingerprint density at radius 3 is 2.28 bits per heavy atom. The van der Waals surface area contributed by atoms with Crippen LogP contribution in [0.4, 0.5) is 11.4 Å². The highest BCUT2D eigenvalue weighted by Crippen LogP contribution is 2.29. The number of hydrogen-bond acceptors (Lipinski definition) is 3. The molecule has 0 unspecified atom stereocenters. The van der Waals surface area contributed by atoms with Crippen molar-refractivity contribution in [2.45, 2.75) is 13.0 Å². The van der Waals surface area contributed by atoms with Crippen LogP contribution in [0.1, 0.15) is 21.5 Å². The summed E-state index contributed by atoms with van der Waals surface area (Å²) in [7, 11) is -3.47. The van der Waals surface area contributed by atoms with Gasteiger partial charge in [-0.3, -0.25) is 9.10 Å². The van der Waals surface area contributed by atoms with Crippen molar-refractivity contribution in [2.24, 2.45) is 0 Å². The molecule has 0 fully saturated rings. The van der Waals surface area contributed by atoms with Gasteiger partial charge in [-0.05, 0) is 47.9 Å². The number of benzene rings is 3. The molecule has 3 aromatic carbocycles. The van der Waals surface area contributed by atoms with Gasteiger partial charge in [0.2, 0.25) is 10.0 Å². The van der Waals surface area contributed by atoms with Crippen LogP contribution in [-0.4, -0.2) is 27.1 Å². The number of amides is 1. The van der Waals surface area contributed by atoms with Crippen molar-refractivity contribution in [3.05, 3.63) is 95.6 Å². The summed E-state index contributed by atoms with van der Waals surface area (Å²) in [5.41, 5.74) is 4.09. The van der Waals surface area contributed by atoms with Gasteiger partial charge in [-0.25, -0.2) is 8.42 Å². The van der Waals surface area contributed by atoms with Crippen molar-refractivity contribution >= 4 is 27.3 Å². The summed E-state index contributed by atoms with van der Waals surface area (Å²) in [6.07, 6.45) is 2.04. The van der Waals surface area contributed by atoms with Crippen LogP contribution < -0.4 is 9.21 Å². The zero-order chi connectivity index (χ0) is 20.4. The van der Waals surface area contributed by atoms with Gasteiger partial charge in [0.1, 0.15) is 0 Å². The lowest BCUT2D eigenvalue weighted by molar-refractivity contribution is 0.0989. The Morgan fingerprint density at radius 1 is 0.931 bits per heavy atom. The van der Waals surface area contributed by atoms with Gasteiger partial charge in [-0.2, -0.15) is 0 Å². The van der Waals surface area contributed by atoms with Gasteiger partial charge >= 0.3 is 0 Å². The zero-order valence-corrected chi connectivity index (χ0v) is 17.0. The summed E-state index contributed by atoms with van der Waals surface area (Å²) >= 11 is 0. The maximum Gasteiger partial charge on any atom is 0.258 e. The zero-order valence-electron chi connectivity index (χ0n) is 16.2. The first-order valence-electron chi connectivity index (χ1n) is 9.45. The molecule has 5 nitrogen and oxygen atoms in total. The molecule has 0 atom stereocenters. The van der Waals surface area contributed by atoms with Crippen molar-refractivity contribution in [1.29, 1.82) is 0 Å². The number of carbonyl (C=O) groups excluding carboxylic acids is 1. The number of fused-ring (bicyclic) bond motifs is 1. The first-order chi connectivity index (χ1) is 13.9. The number of carbonyl (C=O) groups is 1. The third-order valence-electron chi connectivity index (χ3n) is 5.10. The summed E-state index contributed by atoms with van der Waals surface area (Å²) in [6.45, 7) is 0.899. The molecule has 1 aliphatic heterocycles. The summed E-state index contributed by atoms with van der Waals surface area (Å²) in [5.74, 6) is -0.0736. The van der Waals surface area contributed by atoms with E-state index in [0.29, 0.717) is 17.8 Å². The fourth-order valence-corrected chi connectivity index (χ4v) is 4.51. The summed E-state index contributed by atoms with van der Waals surface area (Å²) in [4.78, 5) is 14.8. The number of nitrogens with zero attached hydrogens (tertiary/aromatic N) is 2. The molecule has 1 heterocycles. The summed E-state index contributed by atoms with van der Waals surface area (Å²) in [5, 5.41) is 0. The Labute approximate surface area is 171 Å². The molecule has 0 spiro atoms. The van der Waals surface area contributed by atoms with Gasteiger partial charge in [-0.1, -0.05) is 48.5 Å². The quantitative estimate of drug-likeness (QED) is 0.647. The van der Waals surface area contributed by atoms with E-state index in [2.05, 4.69) is 0 Å². The molecule has 29 heavy (non-hydrogen) atoms. The van der Waals surface area contributed by atoms with E-state index in [1.165, 1.54) is 16.1 Å². The second-order valence-corrected chi connectivity index (χ2v) is 9.04. The molecule has 3 aromatic rings. The Balaban J connectivity index is 1.58. The monoisotopic (exact) mass is 406 g/mol. The standard InChI is InChI=1S/C23H22N2O3S/c1-29(27,28)25(17-18-7-3-2-4-8-18)21-13-11-20(12-14-21)23(26)24-16-15-19-9-5-6-10-22(19)24/h2-14H,15-17H2,1H3. The Morgan fingerprint density at radius 2 is 1.59 bits per heavy atom. The van der Waals surface area contributed by atoms with Gasteiger partial charge in [0.25, 0.3) is 5.91 Å². The maximum atomic E-state index is 13.0. The van der Waals surface area contributed by atoms with Crippen LogP contribution in [-0.2, 0) is 23.0 Å². The second-order valence-electron chi connectivity index (χ2n) is 7.14. The van der Waals surface area contributed by atoms with E-state index in [-0.39, 0.29) is 12.5 Å². The lowest BCUT2D eigenvalue weighted by Gasteiger charge is -2.23. The minimum atomic E-state index is -3.47. The molecule has 0 bridgehead atoms. The highest BCUT2D eigenvalue weighted by Gasteiger charge is 2.25. The third-order valence-corrected chi connectivity index (χ3v) is 6.24. The van der Waals surface area contributed by atoms with Crippen molar-refractivity contribution < 1.29 is 13.2 Å². The number of rotatable bonds is 5. The van der Waals surface area contributed by atoms with Crippen LogP contribution in [0, 0.1) is 0 Å². The smallest absolute Gasteiger partial charge is 0.258 e. The molecule has 0 saturated heterocycles. The second kappa shape index (κ2) is 7.72. The number of anilines is 2. The predicted molar refractivity (Wildman–Crippen MR) is 116 cm³/mol. The molecule has 0 aliphatic carbocycles. The minimum Gasteiger partial charge on any atom is -0.308 e. The number of sulfonamides is 1. The molecule has 1 amide bonds. The van der Waals surface area contributed by atoms with E-state index >= 15 is 0 Å². The van der Waals surface area contributed by atoms with Crippen LogP contribution in [0.5, 0.6) is 0 Å². The molecule has 0 aromatic heterocycles. The van der Waals surface area contributed by atoms with Crippen molar-refractivity contribution in [3.63, 3.8) is 0 Å². The molecule has 0 N–H and O–H groups in total. The molecule has 4 rings (SSSR count). The average Bonchev–Trinajstić information content (AvgIpc) is 3.16. The predicted octanol–water partition coefficient (Wildman–Crippen LogP) is 3.86. The van der Waals surface area contributed by atoms with Crippen LogP contribution in [0.25, 0.3) is 0 Å². The minimum absolute atomic E-state index is 0.0736. The molecule has 148 valence electrons. The number of para-hydroxylation sites is 1. The molecule has 1 aliphatic rings. The Hall–Kier alpha value is -3.12. The molecule has 6 heteroatoms. The highest BCUT2D eigenvalue weighted by molar-refractivity contribution is 7.92. The lowest BCUT2D eigenvalue weighted by atomic mass is 10.1. The third kappa shape index (κ3) is 4.03. The molecular formula is C23H22N2O3S. The van der Waals surface area contributed by atoms with E-state index in [1.54, 1.807) is 29.2 Å². The van der Waals surface area contributed by atoms with Crippen LogP contribution >= 0.6 is 0 Å². The van der Waals surface area contributed by atoms with Gasteiger partial charge < -0.3 is 4.90 Å². The summed E-state index contributed by atoms with van der Waals surface area (Å²) < 4.78 is 26.1. The Bertz CT molecular complexity index is 1130. The van der Waals surface area contributed by atoms with Crippen molar-refractivity contribution in [1.82, 2.24) is 0 Å². The van der Waals surface area contributed by atoms with E-state index in [9.17, 15) is 13.2 Å². The SMILES string of the molecule is CS(=O)(=O)N(Cc1ccccc1)c1ccc(C(=O)N2CCc3ccccc32)cc1. The lowest BCUT2D eigenvalue weighted by Crippen LogP contribution is -2.30.